The molecule has 0 unspecified atom stereocenters. The maximum absolute atomic E-state index is 5.46. The van der Waals surface area contributed by atoms with E-state index in [1.165, 1.54) is 0 Å². The first-order chi connectivity index (χ1) is 10.2. The normalized spacial score (nSPS) is 11.0. The van der Waals surface area contributed by atoms with E-state index in [1.54, 1.807) is 14.2 Å². The molecule has 0 amide bonds. The van der Waals surface area contributed by atoms with Crippen LogP contribution in [0.2, 0.25) is 0 Å². The van der Waals surface area contributed by atoms with E-state index in [-0.39, 0.29) is 0 Å². The summed E-state index contributed by atoms with van der Waals surface area (Å²) in [6, 6.07) is 14.0. The fourth-order valence-electron chi connectivity index (χ4n) is 2.43. The number of benzene rings is 2. The number of fused-ring (bicyclic) bond motifs is 1. The molecule has 3 rings (SSSR count). The fourth-order valence-corrected chi connectivity index (χ4v) is 2.74. The van der Waals surface area contributed by atoms with Crippen LogP contribution in [-0.2, 0) is 11.3 Å². The molecule has 0 spiro atoms. The molecule has 3 aromatic rings. The lowest BCUT2D eigenvalue weighted by Crippen LogP contribution is -1.96. The number of hydrogen-bond donors (Lipinski definition) is 1. The van der Waals surface area contributed by atoms with E-state index in [2.05, 4.69) is 11.1 Å². The van der Waals surface area contributed by atoms with Crippen molar-refractivity contribution in [2.75, 3.05) is 14.2 Å². The van der Waals surface area contributed by atoms with Crippen molar-refractivity contribution in [2.45, 2.75) is 6.61 Å². The Morgan fingerprint density at radius 3 is 2.76 bits per heavy atom. The van der Waals surface area contributed by atoms with Gasteiger partial charge in [0.25, 0.3) is 0 Å². The molecule has 0 saturated carbocycles. The topological polar surface area (TPSA) is 39.2 Å². The molecule has 0 bridgehead atoms. The number of H-pyrrole nitrogens is 1. The Morgan fingerprint density at radius 1 is 1.14 bits per heavy atom. The first kappa shape index (κ1) is 13.9. The van der Waals surface area contributed by atoms with Crippen molar-refractivity contribution in [3.8, 4) is 11.4 Å². The average Bonchev–Trinajstić information content (AvgIpc) is 2.82. The molecule has 0 aliphatic heterocycles. The number of aromatic nitrogens is 2. The standard InChI is InChI=1S/C16H16N2O2S/c1-19-10-11-4-3-5-12(8-11)18-15-7-6-13(20-2)9-14(15)17-16(18)21/h3-9H,10H2,1-2H3,(H,17,21). The lowest BCUT2D eigenvalue weighted by Gasteiger charge is -2.07. The highest BCUT2D eigenvalue weighted by Crippen LogP contribution is 2.24. The molecule has 0 atom stereocenters. The molecule has 0 aliphatic carbocycles. The third-order valence-corrected chi connectivity index (χ3v) is 3.65. The summed E-state index contributed by atoms with van der Waals surface area (Å²) in [6.07, 6.45) is 0. The zero-order valence-electron chi connectivity index (χ0n) is 11.9. The number of nitrogens with one attached hydrogen (secondary N) is 1. The molecule has 5 heteroatoms. The molecule has 2 aromatic carbocycles. The van der Waals surface area contributed by atoms with Gasteiger partial charge in [0.2, 0.25) is 0 Å². The molecule has 1 N–H and O–H groups in total. The minimum absolute atomic E-state index is 0.581. The summed E-state index contributed by atoms with van der Waals surface area (Å²) < 4.78 is 13.1. The third-order valence-electron chi connectivity index (χ3n) is 3.37. The summed E-state index contributed by atoms with van der Waals surface area (Å²) in [5, 5.41) is 0. The van der Waals surface area contributed by atoms with Gasteiger partial charge in [-0.1, -0.05) is 12.1 Å². The van der Waals surface area contributed by atoms with Crippen molar-refractivity contribution in [1.29, 1.82) is 0 Å². The van der Waals surface area contributed by atoms with Crippen molar-refractivity contribution in [1.82, 2.24) is 9.55 Å². The van der Waals surface area contributed by atoms with Gasteiger partial charge in [-0.2, -0.15) is 0 Å². The Balaban J connectivity index is 2.18. The van der Waals surface area contributed by atoms with Crippen LogP contribution in [0.5, 0.6) is 5.75 Å². The molecule has 1 heterocycles. The van der Waals surface area contributed by atoms with Gasteiger partial charge in [0.1, 0.15) is 5.75 Å². The third kappa shape index (κ3) is 2.57. The quantitative estimate of drug-likeness (QED) is 0.744. The minimum atomic E-state index is 0.581. The predicted octanol–water partition coefficient (Wildman–Crippen LogP) is 3.84. The lowest BCUT2D eigenvalue weighted by atomic mass is 10.2. The Morgan fingerprint density at radius 2 is 2.00 bits per heavy atom. The predicted molar refractivity (Wildman–Crippen MR) is 85.7 cm³/mol. The first-order valence-electron chi connectivity index (χ1n) is 6.60. The van der Waals surface area contributed by atoms with Crippen LogP contribution >= 0.6 is 12.2 Å². The van der Waals surface area contributed by atoms with E-state index >= 15 is 0 Å². The summed E-state index contributed by atoms with van der Waals surface area (Å²) in [4.78, 5) is 3.22. The largest absolute Gasteiger partial charge is 0.497 e. The van der Waals surface area contributed by atoms with Crippen LogP contribution in [0.1, 0.15) is 5.56 Å². The van der Waals surface area contributed by atoms with Gasteiger partial charge in [0, 0.05) is 18.9 Å². The van der Waals surface area contributed by atoms with Crippen LogP contribution in [-0.4, -0.2) is 23.8 Å². The summed E-state index contributed by atoms with van der Waals surface area (Å²) in [5.74, 6) is 0.805. The molecule has 0 aliphatic rings. The smallest absolute Gasteiger partial charge is 0.182 e. The zero-order chi connectivity index (χ0) is 14.8. The van der Waals surface area contributed by atoms with Gasteiger partial charge in [-0.05, 0) is 42.0 Å². The van der Waals surface area contributed by atoms with E-state index < -0.39 is 0 Å². The summed E-state index contributed by atoms with van der Waals surface area (Å²) in [5.41, 5.74) is 4.11. The summed E-state index contributed by atoms with van der Waals surface area (Å²) in [7, 11) is 3.34. The van der Waals surface area contributed by atoms with E-state index in [9.17, 15) is 0 Å². The van der Waals surface area contributed by atoms with Gasteiger partial charge in [0.05, 0.1) is 24.8 Å². The second-order valence-corrected chi connectivity index (χ2v) is 5.14. The monoisotopic (exact) mass is 300 g/mol. The van der Waals surface area contributed by atoms with Crippen molar-refractivity contribution in [3.63, 3.8) is 0 Å². The number of nitrogens with zero attached hydrogens (tertiary/aromatic N) is 1. The summed E-state index contributed by atoms with van der Waals surface area (Å²) >= 11 is 5.46. The highest BCUT2D eigenvalue weighted by atomic mass is 32.1. The van der Waals surface area contributed by atoms with Gasteiger partial charge < -0.3 is 14.5 Å². The minimum Gasteiger partial charge on any atom is -0.497 e. The second-order valence-electron chi connectivity index (χ2n) is 4.75. The zero-order valence-corrected chi connectivity index (χ0v) is 12.7. The first-order valence-corrected chi connectivity index (χ1v) is 7.01. The number of ether oxygens (including phenoxy) is 2. The van der Waals surface area contributed by atoms with E-state index in [4.69, 9.17) is 21.7 Å². The van der Waals surface area contributed by atoms with Crippen molar-refractivity contribution >= 4 is 23.3 Å². The van der Waals surface area contributed by atoms with E-state index in [0.29, 0.717) is 11.4 Å². The molecule has 0 fully saturated rings. The van der Waals surface area contributed by atoms with Gasteiger partial charge in [0.15, 0.2) is 4.77 Å². The van der Waals surface area contributed by atoms with Crippen molar-refractivity contribution in [3.05, 3.63) is 52.8 Å². The molecular weight excluding hydrogens is 284 g/mol. The van der Waals surface area contributed by atoms with Crippen molar-refractivity contribution in [2.24, 2.45) is 0 Å². The molecule has 108 valence electrons. The number of methoxy groups -OCH3 is 2. The Hall–Kier alpha value is -2.11. The van der Waals surface area contributed by atoms with Gasteiger partial charge in [-0.3, -0.25) is 4.57 Å². The SMILES string of the molecule is COCc1cccc(-n2c(=S)[nH]c3cc(OC)ccc32)c1. The highest BCUT2D eigenvalue weighted by Gasteiger charge is 2.08. The van der Waals surface area contributed by atoms with Gasteiger partial charge >= 0.3 is 0 Å². The van der Waals surface area contributed by atoms with Gasteiger partial charge in [-0.15, -0.1) is 0 Å². The number of rotatable bonds is 4. The highest BCUT2D eigenvalue weighted by molar-refractivity contribution is 7.71. The van der Waals surface area contributed by atoms with Crippen LogP contribution < -0.4 is 4.74 Å². The maximum atomic E-state index is 5.46. The fraction of sp³-hybridized carbons (Fsp3) is 0.188. The number of hydrogen-bond acceptors (Lipinski definition) is 3. The number of imidazole rings is 1. The Labute approximate surface area is 127 Å². The maximum Gasteiger partial charge on any atom is 0.182 e. The average molecular weight is 300 g/mol. The van der Waals surface area contributed by atoms with Crippen molar-refractivity contribution < 1.29 is 9.47 Å². The van der Waals surface area contributed by atoms with Crippen LogP contribution in [0.25, 0.3) is 16.7 Å². The van der Waals surface area contributed by atoms with Crippen LogP contribution in [0, 0.1) is 4.77 Å². The van der Waals surface area contributed by atoms with Crippen LogP contribution in [0.4, 0.5) is 0 Å². The Kier molecular flexibility index (Phi) is 3.77. The molecule has 21 heavy (non-hydrogen) atoms. The van der Waals surface area contributed by atoms with E-state index in [0.717, 1.165) is 28.0 Å². The molecule has 0 saturated heterocycles. The summed E-state index contributed by atoms with van der Waals surface area (Å²) in [6.45, 7) is 0.581. The number of aromatic amines is 1. The van der Waals surface area contributed by atoms with Crippen LogP contribution in [0.15, 0.2) is 42.5 Å². The lowest BCUT2D eigenvalue weighted by molar-refractivity contribution is 0.185. The van der Waals surface area contributed by atoms with Gasteiger partial charge in [-0.25, -0.2) is 0 Å². The van der Waals surface area contributed by atoms with Crippen LogP contribution in [0.3, 0.4) is 0 Å². The molecular formula is C16H16N2O2S. The van der Waals surface area contributed by atoms with E-state index in [1.807, 2.05) is 41.0 Å². The molecule has 0 radical (unpaired) electrons. The molecule has 1 aromatic heterocycles. The second kappa shape index (κ2) is 5.71. The Bertz CT molecular complexity index is 836. The molecule has 4 nitrogen and oxygen atoms in total.